The molecule has 1 heterocycles. The molecular weight excluding hydrogens is 236 g/mol. The van der Waals surface area contributed by atoms with Crippen LogP contribution >= 0.6 is 0 Å². The van der Waals surface area contributed by atoms with Crippen LogP contribution in [-0.2, 0) is 0 Å². The van der Waals surface area contributed by atoms with Gasteiger partial charge in [-0.15, -0.1) is 5.10 Å². The van der Waals surface area contributed by atoms with Crippen LogP contribution in [0.1, 0.15) is 5.56 Å². The highest BCUT2D eigenvalue weighted by molar-refractivity contribution is 5.76. The van der Waals surface area contributed by atoms with Gasteiger partial charge in [0, 0.05) is 6.08 Å². The van der Waals surface area contributed by atoms with Crippen LogP contribution in [-0.4, -0.2) is 15.0 Å². The van der Waals surface area contributed by atoms with Crippen LogP contribution in [0.2, 0.25) is 0 Å². The van der Waals surface area contributed by atoms with Gasteiger partial charge < -0.3 is 0 Å². The molecule has 0 spiro atoms. The third kappa shape index (κ3) is 2.09. The summed E-state index contributed by atoms with van der Waals surface area (Å²) in [5.41, 5.74) is 3.71. The van der Waals surface area contributed by atoms with Gasteiger partial charge in [-0.3, -0.25) is 0 Å². The van der Waals surface area contributed by atoms with Crippen LogP contribution in [0.15, 0.2) is 54.6 Å². The van der Waals surface area contributed by atoms with Crippen LogP contribution in [0.3, 0.4) is 0 Å². The lowest BCUT2D eigenvalue weighted by Crippen LogP contribution is -1.96. The van der Waals surface area contributed by atoms with Crippen molar-refractivity contribution in [1.82, 2.24) is 15.0 Å². The molecule has 0 radical (unpaired) electrons. The molecular formula is C15H10N4. The molecule has 3 rings (SSSR count). The topological polar surface area (TPSA) is 54.5 Å². The first-order valence-electron chi connectivity index (χ1n) is 5.85. The van der Waals surface area contributed by atoms with Crippen molar-refractivity contribution in [2.75, 3.05) is 0 Å². The molecule has 0 bridgehead atoms. The Balaban J connectivity index is 2.12. The summed E-state index contributed by atoms with van der Waals surface area (Å²) in [7, 11) is 0. The van der Waals surface area contributed by atoms with Crippen LogP contribution in [0.5, 0.6) is 0 Å². The second kappa shape index (κ2) is 4.75. The number of benzene rings is 2. The van der Waals surface area contributed by atoms with Crippen LogP contribution in [0, 0.1) is 11.3 Å². The average Bonchev–Trinajstić information content (AvgIpc) is 2.89. The van der Waals surface area contributed by atoms with Crippen molar-refractivity contribution in [1.29, 1.82) is 5.26 Å². The van der Waals surface area contributed by atoms with Gasteiger partial charge in [-0.05, 0) is 35.9 Å². The minimum absolute atomic E-state index is 0.862. The molecule has 0 atom stereocenters. The third-order valence-corrected chi connectivity index (χ3v) is 2.82. The molecule has 1 aromatic heterocycles. The standard InChI is InChI=1S/C15H10N4/c16-10-4-6-12-5-3-7-13(11-12)19-15-9-2-1-8-14(15)17-18-19/h1-9,11H/b6-4+. The molecule has 0 aliphatic heterocycles. The minimum atomic E-state index is 0.862. The smallest absolute Gasteiger partial charge is 0.113 e. The fourth-order valence-corrected chi connectivity index (χ4v) is 1.95. The van der Waals surface area contributed by atoms with Gasteiger partial charge in [0.25, 0.3) is 0 Å². The summed E-state index contributed by atoms with van der Waals surface area (Å²) in [5, 5.41) is 16.9. The van der Waals surface area contributed by atoms with E-state index in [2.05, 4.69) is 10.3 Å². The molecule has 0 fully saturated rings. The van der Waals surface area contributed by atoms with Crippen LogP contribution in [0.25, 0.3) is 22.8 Å². The van der Waals surface area contributed by atoms with Gasteiger partial charge in [-0.1, -0.05) is 29.5 Å². The summed E-state index contributed by atoms with van der Waals surface area (Å²) < 4.78 is 1.79. The zero-order chi connectivity index (χ0) is 13.1. The van der Waals surface area contributed by atoms with E-state index in [1.807, 2.05) is 54.6 Å². The van der Waals surface area contributed by atoms with Crippen molar-refractivity contribution in [3.05, 3.63) is 60.2 Å². The Morgan fingerprint density at radius 1 is 1.11 bits per heavy atom. The predicted molar refractivity (Wildman–Crippen MR) is 73.5 cm³/mol. The monoisotopic (exact) mass is 246 g/mol. The first-order valence-corrected chi connectivity index (χ1v) is 5.85. The van der Waals surface area contributed by atoms with Gasteiger partial charge in [0.05, 0.1) is 17.3 Å². The Bertz CT molecular complexity index is 793. The Kier molecular flexibility index (Phi) is 2.79. The van der Waals surface area contributed by atoms with E-state index in [4.69, 9.17) is 5.26 Å². The minimum Gasteiger partial charge on any atom is -0.213 e. The number of fused-ring (bicyclic) bond motifs is 1. The van der Waals surface area contributed by atoms with Gasteiger partial charge in [-0.2, -0.15) is 5.26 Å². The molecule has 3 aromatic rings. The molecule has 0 aliphatic carbocycles. The maximum absolute atomic E-state index is 8.56. The molecule has 0 amide bonds. The van der Waals surface area contributed by atoms with E-state index in [0.717, 1.165) is 22.3 Å². The van der Waals surface area contributed by atoms with Gasteiger partial charge >= 0.3 is 0 Å². The number of aromatic nitrogens is 3. The van der Waals surface area contributed by atoms with E-state index in [1.54, 1.807) is 10.8 Å². The molecule has 2 aromatic carbocycles. The van der Waals surface area contributed by atoms with Gasteiger partial charge in [0.1, 0.15) is 5.52 Å². The Labute approximate surface area is 110 Å². The van der Waals surface area contributed by atoms with E-state index >= 15 is 0 Å². The van der Waals surface area contributed by atoms with Gasteiger partial charge in [0.15, 0.2) is 0 Å². The van der Waals surface area contributed by atoms with E-state index < -0.39 is 0 Å². The second-order valence-corrected chi connectivity index (χ2v) is 4.05. The Hall–Kier alpha value is -2.93. The average molecular weight is 246 g/mol. The third-order valence-electron chi connectivity index (χ3n) is 2.82. The Morgan fingerprint density at radius 3 is 2.89 bits per heavy atom. The highest BCUT2D eigenvalue weighted by atomic mass is 15.4. The molecule has 90 valence electrons. The number of rotatable bonds is 2. The molecule has 4 heteroatoms. The number of nitrogens with zero attached hydrogens (tertiary/aromatic N) is 4. The molecule has 4 nitrogen and oxygen atoms in total. The quantitative estimate of drug-likeness (QED) is 0.653. The zero-order valence-corrected chi connectivity index (χ0v) is 10.1. The largest absolute Gasteiger partial charge is 0.213 e. The van der Waals surface area contributed by atoms with Crippen LogP contribution in [0.4, 0.5) is 0 Å². The molecule has 0 aliphatic rings. The fourth-order valence-electron chi connectivity index (χ4n) is 1.95. The first-order chi connectivity index (χ1) is 9.38. The van der Waals surface area contributed by atoms with E-state index in [9.17, 15) is 0 Å². The normalized spacial score (nSPS) is 10.9. The highest BCUT2D eigenvalue weighted by Gasteiger charge is 2.05. The van der Waals surface area contributed by atoms with Crippen LogP contribution < -0.4 is 0 Å². The summed E-state index contributed by atoms with van der Waals surface area (Å²) in [6.07, 6.45) is 3.22. The lowest BCUT2D eigenvalue weighted by atomic mass is 10.2. The molecule has 0 N–H and O–H groups in total. The summed E-state index contributed by atoms with van der Waals surface area (Å²) in [5.74, 6) is 0. The maximum atomic E-state index is 8.56. The molecule has 0 saturated heterocycles. The highest BCUT2D eigenvalue weighted by Crippen LogP contribution is 2.17. The fraction of sp³-hybridized carbons (Fsp3) is 0. The summed E-state index contributed by atoms with van der Waals surface area (Å²) >= 11 is 0. The van der Waals surface area contributed by atoms with Crippen molar-refractivity contribution >= 4 is 17.1 Å². The first kappa shape index (κ1) is 11.2. The number of allylic oxidation sites excluding steroid dienone is 1. The molecule has 19 heavy (non-hydrogen) atoms. The second-order valence-electron chi connectivity index (χ2n) is 4.05. The van der Waals surface area contributed by atoms with Crippen molar-refractivity contribution in [3.8, 4) is 11.8 Å². The lowest BCUT2D eigenvalue weighted by Gasteiger charge is -2.03. The van der Waals surface area contributed by atoms with E-state index in [-0.39, 0.29) is 0 Å². The summed E-state index contributed by atoms with van der Waals surface area (Å²) in [4.78, 5) is 0. The van der Waals surface area contributed by atoms with E-state index in [0.29, 0.717) is 0 Å². The van der Waals surface area contributed by atoms with Crippen molar-refractivity contribution < 1.29 is 0 Å². The van der Waals surface area contributed by atoms with Crippen molar-refractivity contribution in [2.24, 2.45) is 0 Å². The Morgan fingerprint density at radius 2 is 2.00 bits per heavy atom. The number of hydrogen-bond donors (Lipinski definition) is 0. The molecule has 0 unspecified atom stereocenters. The summed E-state index contributed by atoms with van der Waals surface area (Å²) in [6, 6.07) is 17.6. The SMILES string of the molecule is N#C/C=C/c1cccc(-n2nnc3ccccc32)c1. The molecule has 0 saturated carbocycles. The van der Waals surface area contributed by atoms with Gasteiger partial charge in [-0.25, -0.2) is 4.68 Å². The number of hydrogen-bond acceptors (Lipinski definition) is 3. The van der Waals surface area contributed by atoms with E-state index in [1.165, 1.54) is 6.08 Å². The zero-order valence-electron chi connectivity index (χ0n) is 10.1. The lowest BCUT2D eigenvalue weighted by molar-refractivity contribution is 0.824. The van der Waals surface area contributed by atoms with Gasteiger partial charge in [0.2, 0.25) is 0 Å². The predicted octanol–water partition coefficient (Wildman–Crippen LogP) is 2.96. The van der Waals surface area contributed by atoms with Crippen molar-refractivity contribution in [2.45, 2.75) is 0 Å². The number of para-hydroxylation sites is 1. The maximum Gasteiger partial charge on any atom is 0.113 e. The van der Waals surface area contributed by atoms with Crippen molar-refractivity contribution in [3.63, 3.8) is 0 Å². The number of nitriles is 1. The summed E-state index contributed by atoms with van der Waals surface area (Å²) in [6.45, 7) is 0.